The smallest absolute Gasteiger partial charge is 0.212 e. The van der Waals surface area contributed by atoms with Crippen molar-refractivity contribution in [3.05, 3.63) is 42.4 Å². The first-order chi connectivity index (χ1) is 10.8. The molecule has 1 aromatic carbocycles. The number of oxazole rings is 1. The Morgan fingerprint density at radius 1 is 1.05 bits per heavy atom. The number of hydrogen-bond donors (Lipinski definition) is 0. The molecule has 0 saturated heterocycles. The Kier molecular flexibility index (Phi) is 6.66. The molecule has 0 aliphatic carbocycles. The van der Waals surface area contributed by atoms with Crippen LogP contribution in [0.3, 0.4) is 0 Å². The van der Waals surface area contributed by atoms with Crippen molar-refractivity contribution < 1.29 is 4.42 Å². The van der Waals surface area contributed by atoms with Crippen LogP contribution in [0.25, 0.3) is 11.3 Å². The number of aromatic nitrogens is 1. The fourth-order valence-corrected chi connectivity index (χ4v) is 2.89. The van der Waals surface area contributed by atoms with E-state index in [1.54, 1.807) is 0 Å². The molecule has 2 rings (SSSR count). The van der Waals surface area contributed by atoms with Gasteiger partial charge in [-0.25, -0.2) is 4.98 Å². The summed E-state index contributed by atoms with van der Waals surface area (Å²) in [5.74, 6) is 1.72. The van der Waals surface area contributed by atoms with E-state index in [0.29, 0.717) is 6.04 Å². The Bertz CT molecular complexity index is 531. The Labute approximate surface area is 134 Å². The molecule has 0 amide bonds. The predicted molar refractivity (Wildman–Crippen MR) is 91.7 cm³/mol. The van der Waals surface area contributed by atoms with Crippen LogP contribution >= 0.6 is 0 Å². The summed E-state index contributed by atoms with van der Waals surface area (Å²) in [6, 6.07) is 10.5. The molecule has 22 heavy (non-hydrogen) atoms. The lowest BCUT2D eigenvalue weighted by atomic mass is 10.1. The highest BCUT2D eigenvalue weighted by atomic mass is 16.4. The Morgan fingerprint density at radius 3 is 2.41 bits per heavy atom. The van der Waals surface area contributed by atoms with Crippen molar-refractivity contribution in [2.45, 2.75) is 52.5 Å². The summed E-state index contributed by atoms with van der Waals surface area (Å²) >= 11 is 0. The van der Waals surface area contributed by atoms with Crippen molar-refractivity contribution in [1.29, 1.82) is 0 Å². The highest BCUT2D eigenvalue weighted by Gasteiger charge is 2.22. The first-order valence-corrected chi connectivity index (χ1v) is 8.55. The van der Waals surface area contributed by atoms with E-state index in [-0.39, 0.29) is 0 Å². The normalized spacial score (nSPS) is 12.7. The van der Waals surface area contributed by atoms with Crippen molar-refractivity contribution in [2.75, 3.05) is 13.1 Å². The monoisotopic (exact) mass is 300 g/mol. The molecule has 1 aromatic heterocycles. The van der Waals surface area contributed by atoms with Gasteiger partial charge in [0, 0.05) is 5.56 Å². The van der Waals surface area contributed by atoms with Crippen LogP contribution in [0.1, 0.15) is 58.4 Å². The standard InChI is InChI=1S/C19H28N2O/c1-4-7-9-14-17(21(5-2)6-3)19-20-15-18(22-19)16-12-10-8-11-13-16/h8,10-13,15,17H,4-7,9,14H2,1-3H3. The maximum absolute atomic E-state index is 6.09. The minimum Gasteiger partial charge on any atom is -0.439 e. The highest BCUT2D eigenvalue weighted by molar-refractivity contribution is 5.55. The van der Waals surface area contributed by atoms with Gasteiger partial charge in [-0.15, -0.1) is 0 Å². The van der Waals surface area contributed by atoms with Crippen LogP contribution in [-0.4, -0.2) is 23.0 Å². The second-order valence-corrected chi connectivity index (χ2v) is 5.66. The second kappa shape index (κ2) is 8.74. The Morgan fingerprint density at radius 2 is 1.77 bits per heavy atom. The number of benzene rings is 1. The molecule has 1 unspecified atom stereocenters. The summed E-state index contributed by atoms with van der Waals surface area (Å²) in [4.78, 5) is 7.02. The van der Waals surface area contributed by atoms with Gasteiger partial charge in [-0.05, 0) is 19.5 Å². The summed E-state index contributed by atoms with van der Waals surface area (Å²) in [7, 11) is 0. The van der Waals surface area contributed by atoms with Gasteiger partial charge in [-0.2, -0.15) is 0 Å². The molecule has 0 bridgehead atoms. The van der Waals surface area contributed by atoms with E-state index in [1.165, 1.54) is 19.3 Å². The molecular weight excluding hydrogens is 272 g/mol. The molecular formula is C19H28N2O. The lowest BCUT2D eigenvalue weighted by Gasteiger charge is -2.27. The third-order valence-corrected chi connectivity index (χ3v) is 4.20. The molecule has 0 spiro atoms. The number of hydrogen-bond acceptors (Lipinski definition) is 3. The SMILES string of the molecule is CCCCCC(c1ncc(-c2ccccc2)o1)N(CC)CC. The van der Waals surface area contributed by atoms with E-state index in [4.69, 9.17) is 4.42 Å². The fraction of sp³-hybridized carbons (Fsp3) is 0.526. The molecule has 1 heterocycles. The van der Waals surface area contributed by atoms with Gasteiger partial charge in [0.05, 0.1) is 12.2 Å². The van der Waals surface area contributed by atoms with Crippen molar-refractivity contribution in [3.8, 4) is 11.3 Å². The van der Waals surface area contributed by atoms with E-state index in [0.717, 1.165) is 36.7 Å². The molecule has 120 valence electrons. The van der Waals surface area contributed by atoms with Gasteiger partial charge in [0.1, 0.15) is 0 Å². The van der Waals surface area contributed by atoms with E-state index in [1.807, 2.05) is 24.4 Å². The van der Waals surface area contributed by atoms with Gasteiger partial charge >= 0.3 is 0 Å². The molecule has 0 aliphatic rings. The Balaban J connectivity index is 2.18. The maximum Gasteiger partial charge on any atom is 0.212 e. The Hall–Kier alpha value is -1.61. The summed E-state index contributed by atoms with van der Waals surface area (Å²) < 4.78 is 6.09. The van der Waals surface area contributed by atoms with E-state index >= 15 is 0 Å². The molecule has 0 radical (unpaired) electrons. The minimum atomic E-state index is 0.291. The summed E-state index contributed by atoms with van der Waals surface area (Å²) in [6.45, 7) is 8.70. The molecule has 3 heteroatoms. The molecule has 3 nitrogen and oxygen atoms in total. The molecule has 0 saturated carbocycles. The van der Waals surface area contributed by atoms with Crippen LogP contribution in [0.2, 0.25) is 0 Å². The molecule has 0 aliphatic heterocycles. The van der Waals surface area contributed by atoms with E-state index in [9.17, 15) is 0 Å². The van der Waals surface area contributed by atoms with Crippen LogP contribution in [0.15, 0.2) is 40.9 Å². The highest BCUT2D eigenvalue weighted by Crippen LogP contribution is 2.29. The van der Waals surface area contributed by atoms with Gasteiger partial charge in [-0.3, -0.25) is 4.90 Å². The van der Waals surface area contributed by atoms with E-state index < -0.39 is 0 Å². The number of rotatable bonds is 9. The van der Waals surface area contributed by atoms with Crippen molar-refractivity contribution >= 4 is 0 Å². The molecule has 0 fully saturated rings. The van der Waals surface area contributed by atoms with Crippen LogP contribution in [0.5, 0.6) is 0 Å². The molecule has 1 atom stereocenters. The van der Waals surface area contributed by atoms with Gasteiger partial charge < -0.3 is 4.42 Å². The third-order valence-electron chi connectivity index (χ3n) is 4.20. The quantitative estimate of drug-likeness (QED) is 0.588. The summed E-state index contributed by atoms with van der Waals surface area (Å²) in [5, 5.41) is 0. The molecule has 0 N–H and O–H groups in total. The van der Waals surface area contributed by atoms with Crippen LogP contribution in [-0.2, 0) is 0 Å². The number of nitrogens with zero attached hydrogens (tertiary/aromatic N) is 2. The van der Waals surface area contributed by atoms with Crippen LogP contribution in [0.4, 0.5) is 0 Å². The van der Waals surface area contributed by atoms with E-state index in [2.05, 4.69) is 42.8 Å². The van der Waals surface area contributed by atoms with Gasteiger partial charge in [-0.1, -0.05) is 70.4 Å². The van der Waals surface area contributed by atoms with Crippen molar-refractivity contribution in [3.63, 3.8) is 0 Å². The molecule has 2 aromatic rings. The minimum absolute atomic E-state index is 0.291. The van der Waals surface area contributed by atoms with Crippen LogP contribution < -0.4 is 0 Å². The lowest BCUT2D eigenvalue weighted by molar-refractivity contribution is 0.174. The topological polar surface area (TPSA) is 29.3 Å². The zero-order valence-electron chi connectivity index (χ0n) is 14.1. The second-order valence-electron chi connectivity index (χ2n) is 5.66. The first-order valence-electron chi connectivity index (χ1n) is 8.55. The number of unbranched alkanes of at least 4 members (excludes halogenated alkanes) is 2. The zero-order valence-corrected chi connectivity index (χ0v) is 14.1. The maximum atomic E-state index is 6.09. The average Bonchev–Trinajstić information content (AvgIpc) is 3.05. The third kappa shape index (κ3) is 4.20. The summed E-state index contributed by atoms with van der Waals surface area (Å²) in [5.41, 5.74) is 1.09. The van der Waals surface area contributed by atoms with Gasteiger partial charge in [0.2, 0.25) is 5.89 Å². The van der Waals surface area contributed by atoms with Crippen LogP contribution in [0, 0.1) is 0 Å². The average molecular weight is 300 g/mol. The summed E-state index contributed by atoms with van der Waals surface area (Å²) in [6.07, 6.45) is 6.71. The van der Waals surface area contributed by atoms with Crippen molar-refractivity contribution in [2.24, 2.45) is 0 Å². The zero-order chi connectivity index (χ0) is 15.8. The lowest BCUT2D eigenvalue weighted by Crippen LogP contribution is -2.28. The largest absolute Gasteiger partial charge is 0.439 e. The van der Waals surface area contributed by atoms with Crippen molar-refractivity contribution in [1.82, 2.24) is 9.88 Å². The fourth-order valence-electron chi connectivity index (χ4n) is 2.89. The predicted octanol–water partition coefficient (Wildman–Crippen LogP) is 5.30. The first kappa shape index (κ1) is 16.8. The van der Waals surface area contributed by atoms with Gasteiger partial charge in [0.25, 0.3) is 0 Å². The van der Waals surface area contributed by atoms with Gasteiger partial charge in [0.15, 0.2) is 5.76 Å².